The molecule has 0 bridgehead atoms. The number of hydrogen-bond donors (Lipinski definition) is 0. The van der Waals surface area contributed by atoms with Crippen LogP contribution in [0, 0.1) is 0 Å². The summed E-state index contributed by atoms with van der Waals surface area (Å²) in [5.74, 6) is -0.107. The summed E-state index contributed by atoms with van der Waals surface area (Å²) in [5, 5.41) is 8.40. The number of anilines is 1. The van der Waals surface area contributed by atoms with E-state index < -0.39 is 0 Å². The van der Waals surface area contributed by atoms with Gasteiger partial charge in [-0.1, -0.05) is 35.5 Å². The molecule has 2 aromatic carbocycles. The van der Waals surface area contributed by atoms with Gasteiger partial charge in [-0.15, -0.1) is 5.10 Å². The predicted octanol–water partition coefficient (Wildman–Crippen LogP) is 1.14. The van der Waals surface area contributed by atoms with Crippen molar-refractivity contribution in [2.24, 2.45) is 0 Å². The van der Waals surface area contributed by atoms with E-state index in [1.807, 2.05) is 18.2 Å². The van der Waals surface area contributed by atoms with E-state index >= 15 is 0 Å². The van der Waals surface area contributed by atoms with Crippen LogP contribution in [0.25, 0.3) is 10.9 Å². The molecule has 7 nitrogen and oxygen atoms in total. The topological polar surface area (TPSA) is 71.3 Å². The monoisotopic (exact) mass is 349 g/mol. The number of nitrogens with zero attached hydrogens (tertiary/aromatic N) is 5. The molecule has 1 fully saturated rings. The van der Waals surface area contributed by atoms with Crippen LogP contribution < -0.4 is 10.5 Å². The van der Waals surface area contributed by atoms with Crippen molar-refractivity contribution >= 4 is 22.5 Å². The number of carbonyl (C=O) groups is 1. The largest absolute Gasteiger partial charge is 0.368 e. The second-order valence-electron chi connectivity index (χ2n) is 6.27. The second kappa shape index (κ2) is 6.95. The number of carbonyl (C=O) groups excluding carboxylic acids is 1. The SMILES string of the molecule is O=C(Cn1nnc2ccccc2c1=O)N1CCN(c2ccccc2)CC1. The van der Waals surface area contributed by atoms with Gasteiger partial charge in [-0.3, -0.25) is 9.59 Å². The summed E-state index contributed by atoms with van der Waals surface area (Å²) in [5.41, 5.74) is 1.42. The molecule has 7 heteroatoms. The molecule has 1 amide bonds. The van der Waals surface area contributed by atoms with Crippen LogP contribution in [0.2, 0.25) is 0 Å². The summed E-state index contributed by atoms with van der Waals surface area (Å²) in [6.07, 6.45) is 0. The summed E-state index contributed by atoms with van der Waals surface area (Å²) in [6, 6.07) is 17.2. The van der Waals surface area contributed by atoms with Gasteiger partial charge in [-0.2, -0.15) is 0 Å². The smallest absolute Gasteiger partial charge is 0.278 e. The van der Waals surface area contributed by atoms with Crippen LogP contribution in [0.3, 0.4) is 0 Å². The third-order valence-electron chi connectivity index (χ3n) is 4.67. The molecule has 1 aliphatic heterocycles. The van der Waals surface area contributed by atoms with E-state index in [9.17, 15) is 9.59 Å². The maximum Gasteiger partial charge on any atom is 0.278 e. The molecule has 0 N–H and O–H groups in total. The van der Waals surface area contributed by atoms with Gasteiger partial charge in [0.2, 0.25) is 5.91 Å². The van der Waals surface area contributed by atoms with Crippen molar-refractivity contribution in [1.82, 2.24) is 19.9 Å². The lowest BCUT2D eigenvalue weighted by Gasteiger charge is -2.36. The molecule has 0 radical (unpaired) electrons. The van der Waals surface area contributed by atoms with Crippen LogP contribution in [-0.2, 0) is 11.3 Å². The number of fused-ring (bicyclic) bond motifs is 1. The minimum atomic E-state index is -0.285. The Balaban J connectivity index is 1.43. The molecule has 0 spiro atoms. The Kier molecular flexibility index (Phi) is 4.35. The average molecular weight is 349 g/mol. The number of rotatable bonds is 3. The molecule has 132 valence electrons. The zero-order valence-electron chi connectivity index (χ0n) is 14.3. The van der Waals surface area contributed by atoms with Crippen molar-refractivity contribution < 1.29 is 4.79 Å². The van der Waals surface area contributed by atoms with E-state index in [4.69, 9.17) is 0 Å². The lowest BCUT2D eigenvalue weighted by atomic mass is 10.2. The van der Waals surface area contributed by atoms with E-state index in [1.54, 1.807) is 29.2 Å². The van der Waals surface area contributed by atoms with Gasteiger partial charge in [0.15, 0.2) is 0 Å². The van der Waals surface area contributed by atoms with Crippen LogP contribution in [0.5, 0.6) is 0 Å². The third-order valence-corrected chi connectivity index (χ3v) is 4.67. The molecule has 1 aromatic heterocycles. The highest BCUT2D eigenvalue weighted by Crippen LogP contribution is 2.15. The lowest BCUT2D eigenvalue weighted by Crippen LogP contribution is -2.50. The van der Waals surface area contributed by atoms with Crippen LogP contribution in [0.4, 0.5) is 5.69 Å². The standard InChI is InChI=1S/C19H19N5O2/c25-18(14-24-19(26)16-8-4-5-9-17(16)20-21-24)23-12-10-22(11-13-23)15-6-2-1-3-7-15/h1-9H,10-14H2. The molecule has 0 aliphatic carbocycles. The maximum atomic E-state index is 12.6. The summed E-state index contributed by atoms with van der Waals surface area (Å²) < 4.78 is 1.15. The van der Waals surface area contributed by atoms with Gasteiger partial charge in [0.1, 0.15) is 12.1 Å². The quantitative estimate of drug-likeness (QED) is 0.709. The number of amides is 1. The highest BCUT2D eigenvalue weighted by Gasteiger charge is 2.22. The summed E-state index contributed by atoms with van der Waals surface area (Å²) in [4.78, 5) is 29.1. The van der Waals surface area contributed by atoms with Crippen molar-refractivity contribution in [2.45, 2.75) is 6.54 Å². The van der Waals surface area contributed by atoms with Gasteiger partial charge in [0, 0.05) is 31.9 Å². The molecule has 1 saturated heterocycles. The number of benzene rings is 2. The summed E-state index contributed by atoms with van der Waals surface area (Å²) in [7, 11) is 0. The average Bonchev–Trinajstić information content (AvgIpc) is 2.71. The highest BCUT2D eigenvalue weighted by atomic mass is 16.2. The van der Waals surface area contributed by atoms with Gasteiger partial charge in [0.25, 0.3) is 5.56 Å². The van der Waals surface area contributed by atoms with Crippen LogP contribution in [0.1, 0.15) is 0 Å². The Morgan fingerprint density at radius 2 is 1.62 bits per heavy atom. The second-order valence-corrected chi connectivity index (χ2v) is 6.27. The number of aromatic nitrogens is 3. The molecular weight excluding hydrogens is 330 g/mol. The van der Waals surface area contributed by atoms with Crippen LogP contribution in [0.15, 0.2) is 59.4 Å². The summed E-state index contributed by atoms with van der Waals surface area (Å²) >= 11 is 0. The first-order valence-electron chi connectivity index (χ1n) is 8.63. The predicted molar refractivity (Wildman–Crippen MR) is 99.0 cm³/mol. The first-order valence-corrected chi connectivity index (χ1v) is 8.63. The van der Waals surface area contributed by atoms with Crippen molar-refractivity contribution in [3.05, 3.63) is 65.0 Å². The highest BCUT2D eigenvalue weighted by molar-refractivity contribution is 5.78. The van der Waals surface area contributed by atoms with E-state index in [-0.39, 0.29) is 18.0 Å². The first-order chi connectivity index (χ1) is 12.7. The van der Waals surface area contributed by atoms with E-state index in [0.717, 1.165) is 23.5 Å². The fourth-order valence-corrected chi connectivity index (χ4v) is 3.21. The minimum Gasteiger partial charge on any atom is -0.368 e. The molecule has 3 aromatic rings. The van der Waals surface area contributed by atoms with E-state index in [1.165, 1.54) is 0 Å². The Morgan fingerprint density at radius 1 is 0.923 bits per heavy atom. The van der Waals surface area contributed by atoms with Crippen molar-refractivity contribution in [3.63, 3.8) is 0 Å². The molecule has 0 saturated carbocycles. The summed E-state index contributed by atoms with van der Waals surface area (Å²) in [6.45, 7) is 2.72. The Bertz CT molecular complexity index is 978. The van der Waals surface area contributed by atoms with Crippen molar-refractivity contribution in [1.29, 1.82) is 0 Å². The number of para-hydroxylation sites is 1. The molecule has 26 heavy (non-hydrogen) atoms. The van der Waals surface area contributed by atoms with E-state index in [2.05, 4.69) is 27.3 Å². The minimum absolute atomic E-state index is 0.0813. The molecule has 0 atom stereocenters. The molecule has 1 aliphatic rings. The Hall–Kier alpha value is -3.22. The van der Waals surface area contributed by atoms with Gasteiger partial charge < -0.3 is 9.80 Å². The zero-order valence-corrected chi connectivity index (χ0v) is 14.3. The lowest BCUT2D eigenvalue weighted by molar-refractivity contribution is -0.132. The van der Waals surface area contributed by atoms with Gasteiger partial charge in [-0.05, 0) is 24.3 Å². The Morgan fingerprint density at radius 3 is 2.38 bits per heavy atom. The fourth-order valence-electron chi connectivity index (χ4n) is 3.21. The van der Waals surface area contributed by atoms with Gasteiger partial charge >= 0.3 is 0 Å². The molecule has 4 rings (SSSR count). The number of piperazine rings is 1. The van der Waals surface area contributed by atoms with Gasteiger partial charge in [-0.25, -0.2) is 4.68 Å². The van der Waals surface area contributed by atoms with Gasteiger partial charge in [0.05, 0.1) is 5.39 Å². The molecule has 0 unspecified atom stereocenters. The molecule has 2 heterocycles. The van der Waals surface area contributed by atoms with Crippen LogP contribution >= 0.6 is 0 Å². The van der Waals surface area contributed by atoms with Crippen LogP contribution in [-0.4, -0.2) is 52.0 Å². The maximum absolute atomic E-state index is 12.6. The fraction of sp³-hybridized carbons (Fsp3) is 0.263. The van der Waals surface area contributed by atoms with Crippen molar-refractivity contribution in [2.75, 3.05) is 31.1 Å². The third kappa shape index (κ3) is 3.15. The van der Waals surface area contributed by atoms with E-state index in [0.29, 0.717) is 24.0 Å². The first kappa shape index (κ1) is 16.3. The van der Waals surface area contributed by atoms with Crippen molar-refractivity contribution in [3.8, 4) is 0 Å². The normalized spacial score (nSPS) is 14.6. The zero-order chi connectivity index (χ0) is 17.9. The number of hydrogen-bond acceptors (Lipinski definition) is 5. The molecular formula is C19H19N5O2. The Labute approximate surface area is 150 Å².